The predicted octanol–water partition coefficient (Wildman–Crippen LogP) is 0.234. The van der Waals surface area contributed by atoms with E-state index >= 15 is 0 Å². The Bertz CT molecular complexity index is 404. The SMILES string of the molecule is CN[C@@H](Cc1ccccc1)C(=O)OC(=O)[C@H](C)N. The van der Waals surface area contributed by atoms with Crippen molar-refractivity contribution in [1.29, 1.82) is 0 Å². The number of carbonyl (C=O) groups excluding carboxylic acids is 2. The van der Waals surface area contributed by atoms with Crippen LogP contribution in [0.1, 0.15) is 12.5 Å². The summed E-state index contributed by atoms with van der Waals surface area (Å²) in [6.45, 7) is 1.47. The number of benzene rings is 1. The van der Waals surface area contributed by atoms with Crippen LogP contribution in [0.15, 0.2) is 30.3 Å². The van der Waals surface area contributed by atoms with Crippen molar-refractivity contribution in [2.75, 3.05) is 7.05 Å². The van der Waals surface area contributed by atoms with Gasteiger partial charge >= 0.3 is 11.9 Å². The van der Waals surface area contributed by atoms with Gasteiger partial charge < -0.3 is 15.8 Å². The van der Waals surface area contributed by atoms with Crippen molar-refractivity contribution in [2.45, 2.75) is 25.4 Å². The lowest BCUT2D eigenvalue weighted by Crippen LogP contribution is -2.41. The van der Waals surface area contributed by atoms with Gasteiger partial charge in [-0.25, -0.2) is 9.59 Å². The van der Waals surface area contributed by atoms with Gasteiger partial charge in [0.05, 0.1) is 0 Å². The molecule has 5 nitrogen and oxygen atoms in total. The van der Waals surface area contributed by atoms with Gasteiger partial charge in [0.2, 0.25) is 0 Å². The van der Waals surface area contributed by atoms with E-state index in [1.54, 1.807) is 7.05 Å². The van der Waals surface area contributed by atoms with Crippen LogP contribution in [-0.4, -0.2) is 31.1 Å². The number of esters is 2. The zero-order chi connectivity index (χ0) is 13.5. The Labute approximate surface area is 106 Å². The molecule has 0 bridgehead atoms. The number of nitrogens with one attached hydrogen (secondary N) is 1. The van der Waals surface area contributed by atoms with Gasteiger partial charge in [-0.1, -0.05) is 30.3 Å². The Hall–Kier alpha value is -1.72. The number of ether oxygens (including phenoxy) is 1. The van der Waals surface area contributed by atoms with Crippen molar-refractivity contribution in [3.63, 3.8) is 0 Å². The molecule has 2 atom stereocenters. The highest BCUT2D eigenvalue weighted by atomic mass is 16.6. The standard InChI is InChI=1S/C13H18N2O3/c1-9(14)12(16)18-13(17)11(15-2)8-10-6-4-3-5-7-10/h3-7,9,11,15H,8,14H2,1-2H3/t9-,11-/m0/s1. The second kappa shape index (κ2) is 6.88. The molecule has 0 amide bonds. The maximum atomic E-state index is 11.7. The summed E-state index contributed by atoms with van der Waals surface area (Å²) in [6, 6.07) is 8.13. The van der Waals surface area contributed by atoms with Gasteiger partial charge in [0.15, 0.2) is 0 Å². The maximum Gasteiger partial charge on any atom is 0.331 e. The van der Waals surface area contributed by atoms with E-state index in [1.807, 2.05) is 30.3 Å². The molecule has 1 aromatic carbocycles. The van der Waals surface area contributed by atoms with Crippen LogP contribution >= 0.6 is 0 Å². The molecule has 0 aliphatic carbocycles. The summed E-state index contributed by atoms with van der Waals surface area (Å²) in [5, 5.41) is 2.83. The monoisotopic (exact) mass is 250 g/mol. The molecule has 98 valence electrons. The summed E-state index contributed by atoms with van der Waals surface area (Å²) in [6.07, 6.45) is 0.461. The molecule has 0 radical (unpaired) electrons. The number of carbonyl (C=O) groups is 2. The Morgan fingerprint density at radius 3 is 2.39 bits per heavy atom. The van der Waals surface area contributed by atoms with Crippen LogP contribution in [0.5, 0.6) is 0 Å². The van der Waals surface area contributed by atoms with Crippen LogP contribution in [-0.2, 0) is 20.7 Å². The minimum atomic E-state index is -0.803. The van der Waals surface area contributed by atoms with Crippen molar-refractivity contribution in [3.8, 4) is 0 Å². The third kappa shape index (κ3) is 4.27. The molecule has 0 spiro atoms. The van der Waals surface area contributed by atoms with Crippen molar-refractivity contribution < 1.29 is 14.3 Å². The molecular formula is C13H18N2O3. The average molecular weight is 250 g/mol. The van der Waals surface area contributed by atoms with Crippen LogP contribution in [0.3, 0.4) is 0 Å². The van der Waals surface area contributed by atoms with Gasteiger partial charge in [-0.05, 0) is 26.0 Å². The fraction of sp³-hybridized carbons (Fsp3) is 0.385. The molecule has 0 saturated carbocycles. The second-order valence-electron chi connectivity index (χ2n) is 4.06. The van der Waals surface area contributed by atoms with Gasteiger partial charge in [0.25, 0.3) is 0 Å². The van der Waals surface area contributed by atoms with Crippen molar-refractivity contribution in [1.82, 2.24) is 5.32 Å². The van der Waals surface area contributed by atoms with Crippen LogP contribution in [0.4, 0.5) is 0 Å². The quantitative estimate of drug-likeness (QED) is 0.577. The van der Waals surface area contributed by atoms with Gasteiger partial charge in [-0.15, -0.1) is 0 Å². The third-order valence-electron chi connectivity index (χ3n) is 2.49. The lowest BCUT2D eigenvalue weighted by Gasteiger charge is -2.15. The van der Waals surface area contributed by atoms with Crippen LogP contribution in [0, 0.1) is 0 Å². The molecule has 1 aromatic rings. The first-order chi connectivity index (χ1) is 8.54. The molecule has 1 rings (SSSR count). The summed E-state index contributed by atoms with van der Waals surface area (Å²) in [5.74, 6) is -1.32. The Kier molecular flexibility index (Phi) is 5.48. The van der Waals surface area contributed by atoms with Crippen LogP contribution in [0.25, 0.3) is 0 Å². The first-order valence-corrected chi connectivity index (χ1v) is 5.77. The highest BCUT2D eigenvalue weighted by molar-refractivity contribution is 5.90. The zero-order valence-corrected chi connectivity index (χ0v) is 10.6. The van der Waals surface area contributed by atoms with E-state index in [4.69, 9.17) is 5.73 Å². The number of rotatable bonds is 5. The molecule has 0 aliphatic heterocycles. The lowest BCUT2D eigenvalue weighted by atomic mass is 10.1. The van der Waals surface area contributed by atoms with Crippen molar-refractivity contribution in [2.24, 2.45) is 5.73 Å². The smallest absolute Gasteiger partial charge is 0.331 e. The Balaban J connectivity index is 2.61. The fourth-order valence-corrected chi connectivity index (χ4v) is 1.42. The average Bonchev–Trinajstić information content (AvgIpc) is 2.36. The normalized spacial score (nSPS) is 13.7. The molecule has 0 aromatic heterocycles. The minimum absolute atomic E-state index is 0.461. The largest absolute Gasteiger partial charge is 0.391 e. The van der Waals surface area contributed by atoms with Gasteiger partial charge in [0, 0.05) is 0 Å². The summed E-state index contributed by atoms with van der Waals surface area (Å²) < 4.78 is 4.67. The number of nitrogens with two attached hydrogens (primary N) is 1. The number of hydrogen-bond donors (Lipinski definition) is 2. The fourth-order valence-electron chi connectivity index (χ4n) is 1.42. The number of hydrogen-bond acceptors (Lipinski definition) is 5. The summed E-state index contributed by atoms with van der Waals surface area (Å²) in [7, 11) is 1.64. The van der Waals surface area contributed by atoms with E-state index in [1.165, 1.54) is 6.92 Å². The molecule has 5 heteroatoms. The molecule has 0 unspecified atom stereocenters. The molecule has 0 fully saturated rings. The van der Waals surface area contributed by atoms with Gasteiger partial charge in [-0.3, -0.25) is 0 Å². The van der Waals surface area contributed by atoms with Gasteiger partial charge in [0.1, 0.15) is 12.1 Å². The van der Waals surface area contributed by atoms with Crippen molar-refractivity contribution >= 4 is 11.9 Å². The van der Waals surface area contributed by atoms with Crippen LogP contribution in [0.2, 0.25) is 0 Å². The molecule has 0 heterocycles. The topological polar surface area (TPSA) is 81.4 Å². The summed E-state index contributed by atoms with van der Waals surface area (Å²) >= 11 is 0. The first kappa shape index (κ1) is 14.3. The molecule has 3 N–H and O–H groups in total. The van der Waals surface area contributed by atoms with E-state index in [0.717, 1.165) is 5.56 Å². The Morgan fingerprint density at radius 2 is 1.89 bits per heavy atom. The molecular weight excluding hydrogens is 232 g/mol. The zero-order valence-electron chi connectivity index (χ0n) is 10.6. The Morgan fingerprint density at radius 1 is 1.28 bits per heavy atom. The maximum absolute atomic E-state index is 11.7. The second-order valence-corrected chi connectivity index (χ2v) is 4.06. The van der Waals surface area contributed by atoms with Crippen molar-refractivity contribution in [3.05, 3.63) is 35.9 Å². The molecule has 0 aliphatic rings. The van der Waals surface area contributed by atoms with Crippen LogP contribution < -0.4 is 11.1 Å². The highest BCUT2D eigenvalue weighted by Crippen LogP contribution is 2.04. The van der Waals surface area contributed by atoms with Gasteiger partial charge in [-0.2, -0.15) is 0 Å². The lowest BCUT2D eigenvalue weighted by molar-refractivity contribution is -0.161. The van der Waals surface area contributed by atoms with E-state index < -0.39 is 24.0 Å². The van der Waals surface area contributed by atoms with E-state index in [0.29, 0.717) is 6.42 Å². The summed E-state index contributed by atoms with van der Waals surface area (Å²) in [4.78, 5) is 23.0. The predicted molar refractivity (Wildman–Crippen MR) is 67.7 cm³/mol. The molecule has 0 saturated heterocycles. The van der Waals surface area contributed by atoms with E-state index in [2.05, 4.69) is 10.1 Å². The third-order valence-corrected chi connectivity index (χ3v) is 2.49. The summed E-state index contributed by atoms with van der Waals surface area (Å²) in [5.41, 5.74) is 6.32. The van der Waals surface area contributed by atoms with E-state index in [-0.39, 0.29) is 0 Å². The van der Waals surface area contributed by atoms with E-state index in [9.17, 15) is 9.59 Å². The molecule has 18 heavy (non-hydrogen) atoms. The first-order valence-electron chi connectivity index (χ1n) is 5.77. The highest BCUT2D eigenvalue weighted by Gasteiger charge is 2.22. The number of likely N-dealkylation sites (N-methyl/N-ethyl adjacent to an activating group) is 1. The minimum Gasteiger partial charge on any atom is -0.391 e.